The number of aromatic hydroxyl groups is 1. The molecule has 0 unspecified atom stereocenters. The lowest BCUT2D eigenvalue weighted by molar-refractivity contribution is -0.116. The van der Waals surface area contributed by atoms with Crippen LogP contribution in [0.5, 0.6) is 5.88 Å². The van der Waals surface area contributed by atoms with E-state index in [1.165, 1.54) is 12.1 Å². The summed E-state index contributed by atoms with van der Waals surface area (Å²) >= 11 is 17.1. The van der Waals surface area contributed by atoms with E-state index >= 15 is 0 Å². The summed E-state index contributed by atoms with van der Waals surface area (Å²) in [4.78, 5) is 29.6. The number of aromatic nitrogens is 2. The average molecular weight is 397 g/mol. The number of carbonyl (C=O) groups is 1. The first-order chi connectivity index (χ1) is 11.8. The van der Waals surface area contributed by atoms with E-state index in [-0.39, 0.29) is 26.5 Å². The Hall–Kier alpha value is -2.42. The number of nitrogens with zero attached hydrogens (tertiary/aromatic N) is 1. The van der Waals surface area contributed by atoms with E-state index in [0.717, 1.165) is 0 Å². The van der Waals surface area contributed by atoms with Gasteiger partial charge in [0.15, 0.2) is 4.77 Å². The number of nitrogens with one attached hydrogen (secondary N) is 3. The van der Waals surface area contributed by atoms with Crippen LogP contribution < -0.4 is 11.0 Å². The molecule has 7 nitrogen and oxygen atoms in total. The minimum Gasteiger partial charge on any atom is -0.494 e. The molecule has 128 valence electrons. The zero-order valence-corrected chi connectivity index (χ0v) is 14.9. The number of hydrogen-bond acceptors (Lipinski definition) is 5. The van der Waals surface area contributed by atoms with Gasteiger partial charge in [-0.3, -0.25) is 14.6 Å². The summed E-state index contributed by atoms with van der Waals surface area (Å²) in [5.41, 5.74) is 2.24. The van der Waals surface area contributed by atoms with Gasteiger partial charge in [-0.1, -0.05) is 23.2 Å². The van der Waals surface area contributed by atoms with Crippen LogP contribution in [0.25, 0.3) is 5.57 Å². The van der Waals surface area contributed by atoms with Gasteiger partial charge in [-0.15, -0.1) is 0 Å². The molecule has 0 bridgehead atoms. The van der Waals surface area contributed by atoms with Crippen molar-refractivity contribution in [3.8, 4) is 5.88 Å². The zero-order valence-electron chi connectivity index (χ0n) is 12.6. The summed E-state index contributed by atoms with van der Waals surface area (Å²) in [6.07, 6.45) is 0. The third-order valence-corrected chi connectivity index (χ3v) is 4.30. The first-order valence-electron chi connectivity index (χ1n) is 6.90. The van der Waals surface area contributed by atoms with Crippen molar-refractivity contribution in [3.05, 3.63) is 60.1 Å². The molecule has 1 aromatic heterocycles. The number of carbonyl (C=O) groups excluding carboxylic acids is 1. The molecule has 3 rings (SSSR count). The van der Waals surface area contributed by atoms with Gasteiger partial charge in [0.2, 0.25) is 5.88 Å². The first-order valence-corrected chi connectivity index (χ1v) is 8.06. The van der Waals surface area contributed by atoms with E-state index in [1.54, 1.807) is 13.0 Å². The topological polar surface area (TPSA) is 110 Å². The SMILES string of the molecule is CC1=NNC(=O)C1=C(c1cc(Cl)ccc1Cl)c1c(O)[nH]c(=S)[nH]c1=O. The molecule has 0 atom stereocenters. The van der Waals surface area contributed by atoms with E-state index in [1.807, 2.05) is 0 Å². The van der Waals surface area contributed by atoms with Crippen molar-refractivity contribution in [2.75, 3.05) is 0 Å². The van der Waals surface area contributed by atoms with Gasteiger partial charge in [0.1, 0.15) is 5.56 Å². The number of hydrazone groups is 1. The molecule has 2 aromatic rings. The Morgan fingerprint density at radius 2 is 1.96 bits per heavy atom. The molecule has 1 aliphatic rings. The number of halogens is 2. The van der Waals surface area contributed by atoms with Crippen LogP contribution in [-0.2, 0) is 4.79 Å². The average Bonchev–Trinajstić information content (AvgIpc) is 2.85. The lowest BCUT2D eigenvalue weighted by Gasteiger charge is -2.14. The van der Waals surface area contributed by atoms with Crippen LogP contribution in [0.4, 0.5) is 0 Å². The van der Waals surface area contributed by atoms with Gasteiger partial charge in [-0.05, 0) is 37.3 Å². The number of amides is 1. The highest BCUT2D eigenvalue weighted by Crippen LogP contribution is 2.36. The fourth-order valence-electron chi connectivity index (χ4n) is 2.49. The summed E-state index contributed by atoms with van der Waals surface area (Å²) in [6.45, 7) is 1.59. The molecule has 2 heterocycles. The van der Waals surface area contributed by atoms with E-state index in [0.29, 0.717) is 16.3 Å². The molecule has 1 aliphatic heterocycles. The quantitative estimate of drug-likeness (QED) is 0.461. The fourth-order valence-corrected chi connectivity index (χ4v) is 3.07. The Kier molecular flexibility index (Phi) is 4.51. The highest BCUT2D eigenvalue weighted by Gasteiger charge is 2.29. The van der Waals surface area contributed by atoms with Crippen molar-refractivity contribution in [1.29, 1.82) is 0 Å². The molecule has 1 aromatic carbocycles. The monoisotopic (exact) mass is 396 g/mol. The molecule has 0 aliphatic carbocycles. The highest BCUT2D eigenvalue weighted by atomic mass is 35.5. The second kappa shape index (κ2) is 6.47. The third-order valence-electron chi connectivity index (χ3n) is 3.53. The first kappa shape index (κ1) is 17.4. The molecular formula is C15H10Cl2N4O3S. The van der Waals surface area contributed by atoms with E-state index in [9.17, 15) is 14.7 Å². The minimum absolute atomic E-state index is 0.0611. The zero-order chi connectivity index (χ0) is 18.3. The van der Waals surface area contributed by atoms with Crippen molar-refractivity contribution >= 4 is 52.6 Å². The number of H-pyrrole nitrogens is 2. The van der Waals surface area contributed by atoms with E-state index in [4.69, 9.17) is 35.4 Å². The number of benzene rings is 1. The Morgan fingerprint density at radius 1 is 1.24 bits per heavy atom. The highest BCUT2D eigenvalue weighted by molar-refractivity contribution is 7.71. The van der Waals surface area contributed by atoms with Gasteiger partial charge < -0.3 is 10.1 Å². The minimum atomic E-state index is -0.688. The van der Waals surface area contributed by atoms with Crippen molar-refractivity contribution in [2.45, 2.75) is 6.92 Å². The molecule has 0 saturated carbocycles. The lowest BCUT2D eigenvalue weighted by Crippen LogP contribution is -2.20. The number of rotatable bonds is 2. The van der Waals surface area contributed by atoms with Gasteiger partial charge in [0.05, 0.1) is 11.3 Å². The van der Waals surface area contributed by atoms with Gasteiger partial charge in [0.25, 0.3) is 11.5 Å². The van der Waals surface area contributed by atoms with Crippen LogP contribution in [0, 0.1) is 4.77 Å². The summed E-state index contributed by atoms with van der Waals surface area (Å²) in [5, 5.41) is 14.7. The van der Waals surface area contributed by atoms with Crippen LogP contribution in [0.3, 0.4) is 0 Å². The Labute approximate surface area is 156 Å². The Balaban J connectivity index is 2.49. The van der Waals surface area contributed by atoms with Crippen LogP contribution in [0.15, 0.2) is 33.7 Å². The van der Waals surface area contributed by atoms with Gasteiger partial charge in [-0.2, -0.15) is 5.10 Å². The van der Waals surface area contributed by atoms with Crippen LogP contribution in [-0.4, -0.2) is 26.7 Å². The predicted octanol–water partition coefficient (Wildman–Crippen LogP) is 2.75. The van der Waals surface area contributed by atoms with Gasteiger partial charge in [-0.25, -0.2) is 5.43 Å². The lowest BCUT2D eigenvalue weighted by atomic mass is 9.92. The predicted molar refractivity (Wildman–Crippen MR) is 97.6 cm³/mol. The van der Waals surface area contributed by atoms with Gasteiger partial charge >= 0.3 is 0 Å². The number of aromatic amines is 2. The van der Waals surface area contributed by atoms with Crippen LogP contribution in [0.1, 0.15) is 18.1 Å². The Morgan fingerprint density at radius 3 is 2.56 bits per heavy atom. The molecule has 25 heavy (non-hydrogen) atoms. The van der Waals surface area contributed by atoms with Crippen LogP contribution in [0.2, 0.25) is 10.0 Å². The van der Waals surface area contributed by atoms with E-state index in [2.05, 4.69) is 20.5 Å². The summed E-state index contributed by atoms with van der Waals surface area (Å²) < 4.78 is -0.0611. The van der Waals surface area contributed by atoms with Crippen molar-refractivity contribution in [1.82, 2.24) is 15.4 Å². The summed E-state index contributed by atoms with van der Waals surface area (Å²) in [7, 11) is 0. The molecule has 1 amide bonds. The second-order valence-electron chi connectivity index (χ2n) is 5.14. The van der Waals surface area contributed by atoms with Crippen molar-refractivity contribution in [3.63, 3.8) is 0 Å². The molecule has 10 heteroatoms. The maximum Gasteiger partial charge on any atom is 0.273 e. The van der Waals surface area contributed by atoms with Crippen LogP contribution >= 0.6 is 35.4 Å². The fraction of sp³-hybridized carbons (Fsp3) is 0.0667. The largest absolute Gasteiger partial charge is 0.494 e. The Bertz CT molecular complexity index is 1080. The molecule has 0 fully saturated rings. The second-order valence-corrected chi connectivity index (χ2v) is 6.40. The maximum absolute atomic E-state index is 12.5. The molecule has 0 radical (unpaired) electrons. The molecular weight excluding hydrogens is 387 g/mol. The number of hydrogen-bond donors (Lipinski definition) is 4. The molecule has 0 saturated heterocycles. The molecule has 4 N–H and O–H groups in total. The normalized spacial score (nSPS) is 15.8. The van der Waals surface area contributed by atoms with Crippen molar-refractivity contribution in [2.24, 2.45) is 5.10 Å². The third kappa shape index (κ3) is 3.11. The van der Waals surface area contributed by atoms with Crippen molar-refractivity contribution < 1.29 is 9.90 Å². The molecule has 0 spiro atoms. The smallest absolute Gasteiger partial charge is 0.273 e. The van der Waals surface area contributed by atoms with Gasteiger partial charge in [0, 0.05) is 21.2 Å². The van der Waals surface area contributed by atoms with E-state index < -0.39 is 17.3 Å². The summed E-state index contributed by atoms with van der Waals surface area (Å²) in [5.74, 6) is -1.04. The summed E-state index contributed by atoms with van der Waals surface area (Å²) in [6, 6.07) is 4.58. The maximum atomic E-state index is 12.5. The standard InChI is InChI=1S/C15H10Cl2N4O3S/c1-5-9(14(24)21-20-5)10(7-4-6(16)2-3-8(7)17)11-12(22)18-15(25)19-13(11)23/h2-4H,1H3,(H,21,24)(H3,18,19,22,23,25).